The smallest absolute Gasteiger partial charge is 0.209 e. The number of amides is 1. The monoisotopic (exact) mass is 195 g/mol. The van der Waals surface area contributed by atoms with Crippen molar-refractivity contribution in [1.82, 2.24) is 10.2 Å². The van der Waals surface area contributed by atoms with Crippen LogP contribution in [0.5, 0.6) is 0 Å². The van der Waals surface area contributed by atoms with E-state index >= 15 is 0 Å². The summed E-state index contributed by atoms with van der Waals surface area (Å²) < 4.78 is 0. The van der Waals surface area contributed by atoms with Gasteiger partial charge in [0.1, 0.15) is 0 Å². The van der Waals surface area contributed by atoms with E-state index in [9.17, 15) is 4.79 Å². The van der Waals surface area contributed by atoms with Crippen LogP contribution in [-0.2, 0) is 4.79 Å². The fourth-order valence-corrected chi connectivity index (χ4v) is 2.74. The number of carbonyl (C=O) groups excluding carboxylic acids is 1. The van der Waals surface area contributed by atoms with Crippen LogP contribution in [0, 0.1) is 11.8 Å². The minimum atomic E-state index is 0.863. The molecule has 0 N–H and O–H groups in total. The molecule has 2 aliphatic heterocycles. The maximum atomic E-state index is 10.6. The molecule has 2 fully saturated rings. The maximum absolute atomic E-state index is 10.6. The van der Waals surface area contributed by atoms with Gasteiger partial charge in [-0.1, -0.05) is 0 Å². The third-order valence-electron chi connectivity index (χ3n) is 3.71. The molecular formula is C11H19N2O. The van der Waals surface area contributed by atoms with Crippen LogP contribution in [0.25, 0.3) is 0 Å². The highest BCUT2D eigenvalue weighted by molar-refractivity contribution is 5.47. The Morgan fingerprint density at radius 3 is 2.14 bits per heavy atom. The first-order valence-electron chi connectivity index (χ1n) is 5.73. The molecule has 0 aromatic rings. The molecule has 0 spiro atoms. The van der Waals surface area contributed by atoms with Crippen molar-refractivity contribution in [2.24, 2.45) is 11.8 Å². The average molecular weight is 195 g/mol. The van der Waals surface area contributed by atoms with Crippen molar-refractivity contribution in [2.75, 3.05) is 26.2 Å². The molecule has 3 nitrogen and oxygen atoms in total. The topological polar surface area (TPSA) is 34.4 Å². The number of nitrogens with zero attached hydrogens (tertiary/aromatic N) is 2. The molecular weight excluding hydrogens is 176 g/mol. The van der Waals surface area contributed by atoms with Gasteiger partial charge < -0.3 is 4.90 Å². The zero-order chi connectivity index (χ0) is 9.80. The first-order chi connectivity index (χ1) is 6.90. The summed E-state index contributed by atoms with van der Waals surface area (Å²) in [4.78, 5) is 12.5. The number of likely N-dealkylation sites (tertiary alicyclic amines) is 1. The van der Waals surface area contributed by atoms with Crippen LogP contribution in [0.3, 0.4) is 0 Å². The molecule has 0 atom stereocenters. The first kappa shape index (κ1) is 9.97. The Bertz CT molecular complexity index is 182. The maximum Gasteiger partial charge on any atom is 0.209 e. The van der Waals surface area contributed by atoms with Crippen molar-refractivity contribution < 1.29 is 4.79 Å². The molecule has 2 aliphatic rings. The third kappa shape index (κ3) is 2.27. The minimum absolute atomic E-state index is 0.863. The van der Waals surface area contributed by atoms with E-state index in [-0.39, 0.29) is 0 Å². The van der Waals surface area contributed by atoms with Crippen molar-refractivity contribution in [3.05, 3.63) is 0 Å². The van der Waals surface area contributed by atoms with E-state index in [0.717, 1.165) is 44.4 Å². The number of carbonyl (C=O) groups is 1. The molecule has 0 aliphatic carbocycles. The lowest BCUT2D eigenvalue weighted by atomic mass is 9.79. The molecule has 2 rings (SSSR count). The Labute approximate surface area is 85.8 Å². The van der Waals surface area contributed by atoms with E-state index in [1.54, 1.807) is 0 Å². The standard InChI is InChI=1S/C11H19N2O/c14-9-13-7-3-11(4-8-13)10-1-5-12-6-2-10/h9-11H,1-8H2. The van der Waals surface area contributed by atoms with E-state index in [0.29, 0.717) is 0 Å². The predicted octanol–water partition coefficient (Wildman–Crippen LogP) is 0.869. The summed E-state index contributed by atoms with van der Waals surface area (Å²) in [6.07, 6.45) is 5.98. The second kappa shape index (κ2) is 4.78. The van der Waals surface area contributed by atoms with Crippen molar-refractivity contribution in [2.45, 2.75) is 25.7 Å². The van der Waals surface area contributed by atoms with Gasteiger partial charge in [0.05, 0.1) is 0 Å². The SMILES string of the molecule is O=CN1CCC(C2CC[N]CC2)CC1. The van der Waals surface area contributed by atoms with Crippen LogP contribution in [0.2, 0.25) is 0 Å². The van der Waals surface area contributed by atoms with Gasteiger partial charge in [-0.15, -0.1) is 0 Å². The summed E-state index contributed by atoms with van der Waals surface area (Å²) in [6, 6.07) is 0. The van der Waals surface area contributed by atoms with Crippen molar-refractivity contribution in [1.29, 1.82) is 0 Å². The van der Waals surface area contributed by atoms with Crippen LogP contribution in [0.15, 0.2) is 0 Å². The highest BCUT2D eigenvalue weighted by Gasteiger charge is 2.27. The summed E-state index contributed by atoms with van der Waals surface area (Å²) >= 11 is 0. The zero-order valence-electron chi connectivity index (χ0n) is 8.69. The molecule has 2 saturated heterocycles. The Hall–Kier alpha value is -0.570. The second-order valence-corrected chi connectivity index (χ2v) is 4.49. The molecule has 1 amide bonds. The molecule has 14 heavy (non-hydrogen) atoms. The van der Waals surface area contributed by atoms with Crippen LogP contribution in [0.1, 0.15) is 25.7 Å². The summed E-state index contributed by atoms with van der Waals surface area (Å²) in [5, 5.41) is 4.39. The summed E-state index contributed by atoms with van der Waals surface area (Å²) in [7, 11) is 0. The van der Waals surface area contributed by atoms with Crippen LogP contribution in [0.4, 0.5) is 0 Å². The third-order valence-corrected chi connectivity index (χ3v) is 3.71. The van der Waals surface area contributed by atoms with Gasteiger partial charge in [0.2, 0.25) is 6.41 Å². The lowest BCUT2D eigenvalue weighted by molar-refractivity contribution is -0.119. The van der Waals surface area contributed by atoms with E-state index in [4.69, 9.17) is 0 Å². The summed E-state index contributed by atoms with van der Waals surface area (Å²) in [5.41, 5.74) is 0. The minimum Gasteiger partial charge on any atom is -0.345 e. The molecule has 2 heterocycles. The predicted molar refractivity (Wildman–Crippen MR) is 55.0 cm³/mol. The van der Waals surface area contributed by atoms with E-state index in [1.807, 2.05) is 4.90 Å². The molecule has 79 valence electrons. The first-order valence-corrected chi connectivity index (χ1v) is 5.73. The molecule has 0 unspecified atom stereocenters. The average Bonchev–Trinajstić information content (AvgIpc) is 2.30. The number of piperidine rings is 2. The van der Waals surface area contributed by atoms with Crippen LogP contribution >= 0.6 is 0 Å². The van der Waals surface area contributed by atoms with Crippen molar-refractivity contribution in [3.63, 3.8) is 0 Å². The van der Waals surface area contributed by atoms with Gasteiger partial charge in [-0.2, -0.15) is 0 Å². The van der Waals surface area contributed by atoms with Gasteiger partial charge in [-0.3, -0.25) is 4.79 Å². The quantitative estimate of drug-likeness (QED) is 0.602. The molecule has 0 aromatic carbocycles. The Kier molecular flexibility index (Phi) is 3.40. The largest absolute Gasteiger partial charge is 0.345 e. The van der Waals surface area contributed by atoms with Crippen molar-refractivity contribution in [3.8, 4) is 0 Å². The van der Waals surface area contributed by atoms with E-state index < -0.39 is 0 Å². The number of hydrogen-bond acceptors (Lipinski definition) is 1. The van der Waals surface area contributed by atoms with Crippen LogP contribution in [-0.4, -0.2) is 37.5 Å². The van der Waals surface area contributed by atoms with Gasteiger partial charge in [0, 0.05) is 26.2 Å². The normalized spacial score (nSPS) is 26.4. The Morgan fingerprint density at radius 2 is 1.57 bits per heavy atom. The lowest BCUT2D eigenvalue weighted by Crippen LogP contribution is -2.37. The highest BCUT2D eigenvalue weighted by Crippen LogP contribution is 2.30. The molecule has 3 heteroatoms. The molecule has 0 saturated carbocycles. The van der Waals surface area contributed by atoms with Crippen molar-refractivity contribution >= 4 is 6.41 Å². The number of rotatable bonds is 2. The van der Waals surface area contributed by atoms with Crippen LogP contribution < -0.4 is 5.32 Å². The molecule has 1 radical (unpaired) electrons. The Balaban J connectivity index is 1.78. The fourth-order valence-electron chi connectivity index (χ4n) is 2.74. The van der Waals surface area contributed by atoms with E-state index in [2.05, 4.69) is 5.32 Å². The summed E-state index contributed by atoms with van der Waals surface area (Å²) in [6.45, 7) is 4.08. The van der Waals surface area contributed by atoms with Gasteiger partial charge in [-0.25, -0.2) is 5.32 Å². The summed E-state index contributed by atoms with van der Waals surface area (Å²) in [5.74, 6) is 1.75. The fraction of sp³-hybridized carbons (Fsp3) is 0.909. The Morgan fingerprint density at radius 1 is 1.00 bits per heavy atom. The second-order valence-electron chi connectivity index (χ2n) is 4.49. The highest BCUT2D eigenvalue weighted by atomic mass is 16.1. The molecule has 0 aromatic heterocycles. The zero-order valence-corrected chi connectivity index (χ0v) is 8.69. The number of hydrogen-bond donors (Lipinski definition) is 0. The van der Waals surface area contributed by atoms with Gasteiger partial charge in [-0.05, 0) is 37.5 Å². The lowest BCUT2D eigenvalue weighted by Gasteiger charge is -2.36. The molecule has 0 bridgehead atoms. The van der Waals surface area contributed by atoms with E-state index in [1.165, 1.54) is 25.7 Å². The van der Waals surface area contributed by atoms with Gasteiger partial charge in [0.25, 0.3) is 0 Å². The van der Waals surface area contributed by atoms with Gasteiger partial charge >= 0.3 is 0 Å². The van der Waals surface area contributed by atoms with Gasteiger partial charge in [0.15, 0.2) is 0 Å².